The molecule has 0 spiro atoms. The van der Waals surface area contributed by atoms with Gasteiger partial charge in [0, 0.05) is 17.1 Å². The predicted molar refractivity (Wildman–Crippen MR) is 108 cm³/mol. The molecule has 1 amide bonds. The monoisotopic (exact) mass is 408 g/mol. The van der Waals surface area contributed by atoms with E-state index in [0.717, 1.165) is 18.4 Å². The summed E-state index contributed by atoms with van der Waals surface area (Å²) in [5.74, 6) is 0.239. The Hall–Kier alpha value is -2.25. The van der Waals surface area contributed by atoms with Gasteiger partial charge in [0.15, 0.2) is 0 Å². The number of sulfonamides is 1. The largest absolute Gasteiger partial charge is 0.495 e. The second-order valence-corrected chi connectivity index (χ2v) is 8.84. The number of benzene rings is 2. The van der Waals surface area contributed by atoms with E-state index in [1.807, 2.05) is 0 Å². The second-order valence-electron chi connectivity index (χ2n) is 6.22. The van der Waals surface area contributed by atoms with Crippen molar-refractivity contribution in [1.82, 2.24) is 0 Å². The molecule has 3 rings (SSSR count). The maximum Gasteiger partial charge on any atom is 0.255 e. The van der Waals surface area contributed by atoms with Gasteiger partial charge in [-0.15, -0.1) is 0 Å². The van der Waals surface area contributed by atoms with Gasteiger partial charge in [-0.25, -0.2) is 8.42 Å². The van der Waals surface area contributed by atoms with Crippen LogP contribution in [0.3, 0.4) is 0 Å². The zero-order chi connectivity index (χ0) is 19.6. The smallest absolute Gasteiger partial charge is 0.255 e. The lowest BCUT2D eigenvalue weighted by Gasteiger charge is -2.30. The predicted octanol–water partition coefficient (Wildman–Crippen LogP) is 3.70. The third kappa shape index (κ3) is 4.04. The Labute approximate surface area is 164 Å². The van der Waals surface area contributed by atoms with E-state index < -0.39 is 10.0 Å². The molecule has 8 heteroatoms. The zero-order valence-corrected chi connectivity index (χ0v) is 16.7. The summed E-state index contributed by atoms with van der Waals surface area (Å²) in [7, 11) is -1.81. The van der Waals surface area contributed by atoms with Crippen LogP contribution in [0.1, 0.15) is 29.3 Å². The number of nitrogens with zero attached hydrogens (tertiary/aromatic N) is 1. The van der Waals surface area contributed by atoms with Crippen LogP contribution in [0.5, 0.6) is 5.75 Å². The fraction of sp³-hybridized carbons (Fsp3) is 0.316. The number of hydrogen-bond acceptors (Lipinski definition) is 4. The van der Waals surface area contributed by atoms with Crippen LogP contribution in [0.4, 0.5) is 11.4 Å². The SMILES string of the molecule is CCS(=O)(=O)N1CCCc2cc(C(=O)Nc3cc(Cl)ccc3OC)ccc21. The summed E-state index contributed by atoms with van der Waals surface area (Å²) < 4.78 is 31.3. The number of anilines is 2. The topological polar surface area (TPSA) is 75.7 Å². The molecule has 1 N–H and O–H groups in total. The normalized spacial score (nSPS) is 13.8. The molecule has 1 heterocycles. The van der Waals surface area contributed by atoms with Crippen LogP contribution < -0.4 is 14.4 Å². The molecular weight excluding hydrogens is 388 g/mol. The zero-order valence-electron chi connectivity index (χ0n) is 15.2. The van der Waals surface area contributed by atoms with Gasteiger partial charge in [-0.2, -0.15) is 0 Å². The standard InChI is InChI=1S/C19H21ClN2O4S/c1-3-27(24,25)22-10-4-5-13-11-14(6-8-17(13)22)19(23)21-16-12-15(20)7-9-18(16)26-2/h6-9,11-12H,3-5,10H2,1-2H3,(H,21,23). The molecule has 0 saturated heterocycles. The second kappa shape index (κ2) is 7.78. The Kier molecular flexibility index (Phi) is 5.62. The summed E-state index contributed by atoms with van der Waals surface area (Å²) in [4.78, 5) is 12.7. The van der Waals surface area contributed by atoms with Gasteiger partial charge < -0.3 is 10.1 Å². The van der Waals surface area contributed by atoms with Gasteiger partial charge in [0.2, 0.25) is 10.0 Å². The van der Waals surface area contributed by atoms with Crippen LogP contribution in [0.2, 0.25) is 5.02 Å². The van der Waals surface area contributed by atoms with Crippen molar-refractivity contribution in [3.63, 3.8) is 0 Å². The molecule has 0 aromatic heterocycles. The molecule has 27 heavy (non-hydrogen) atoms. The van der Waals surface area contributed by atoms with Gasteiger partial charge in [0.05, 0.1) is 24.2 Å². The Bertz CT molecular complexity index is 976. The molecule has 1 aliphatic rings. The minimum atomic E-state index is -3.33. The number of fused-ring (bicyclic) bond motifs is 1. The minimum absolute atomic E-state index is 0.0449. The fourth-order valence-electron chi connectivity index (χ4n) is 3.12. The lowest BCUT2D eigenvalue weighted by molar-refractivity contribution is 0.102. The number of carbonyl (C=O) groups is 1. The average molecular weight is 409 g/mol. The Morgan fingerprint density at radius 1 is 1.26 bits per heavy atom. The van der Waals surface area contributed by atoms with Crippen molar-refractivity contribution in [3.05, 3.63) is 52.5 Å². The Morgan fingerprint density at radius 3 is 2.74 bits per heavy atom. The number of hydrogen-bond donors (Lipinski definition) is 1. The molecule has 0 fully saturated rings. The number of rotatable bonds is 5. The molecular formula is C19H21ClN2O4S. The average Bonchev–Trinajstić information content (AvgIpc) is 2.67. The van der Waals surface area contributed by atoms with Crippen molar-refractivity contribution in [1.29, 1.82) is 0 Å². The molecule has 0 aliphatic carbocycles. The van der Waals surface area contributed by atoms with Crippen LogP contribution in [-0.2, 0) is 16.4 Å². The number of nitrogens with one attached hydrogen (secondary N) is 1. The van der Waals surface area contributed by atoms with E-state index in [9.17, 15) is 13.2 Å². The van der Waals surface area contributed by atoms with Crippen molar-refractivity contribution in [3.8, 4) is 5.75 Å². The number of halogens is 1. The molecule has 0 bridgehead atoms. The first kappa shape index (κ1) is 19.5. The highest BCUT2D eigenvalue weighted by molar-refractivity contribution is 7.92. The van der Waals surface area contributed by atoms with E-state index in [1.165, 1.54) is 11.4 Å². The number of aryl methyl sites for hydroxylation is 1. The van der Waals surface area contributed by atoms with Gasteiger partial charge in [-0.1, -0.05) is 11.6 Å². The van der Waals surface area contributed by atoms with Crippen LogP contribution in [0.15, 0.2) is 36.4 Å². The summed E-state index contributed by atoms with van der Waals surface area (Å²) >= 11 is 6.00. The first-order chi connectivity index (χ1) is 12.9. The van der Waals surface area contributed by atoms with E-state index in [-0.39, 0.29) is 11.7 Å². The van der Waals surface area contributed by atoms with E-state index >= 15 is 0 Å². The summed E-state index contributed by atoms with van der Waals surface area (Å²) in [5, 5.41) is 3.28. The van der Waals surface area contributed by atoms with Gasteiger partial charge in [0.1, 0.15) is 5.75 Å². The maximum atomic E-state index is 12.7. The van der Waals surface area contributed by atoms with Crippen molar-refractivity contribution in [2.24, 2.45) is 0 Å². The molecule has 6 nitrogen and oxygen atoms in total. The van der Waals surface area contributed by atoms with Crippen molar-refractivity contribution in [2.75, 3.05) is 29.0 Å². The van der Waals surface area contributed by atoms with Crippen molar-refractivity contribution < 1.29 is 17.9 Å². The van der Waals surface area contributed by atoms with E-state index in [0.29, 0.717) is 34.3 Å². The van der Waals surface area contributed by atoms with Gasteiger partial charge in [0.25, 0.3) is 5.91 Å². The molecule has 1 aliphatic heterocycles. The van der Waals surface area contributed by atoms with Crippen LogP contribution in [0, 0.1) is 0 Å². The molecule has 2 aromatic rings. The lowest BCUT2D eigenvalue weighted by atomic mass is 10.0. The van der Waals surface area contributed by atoms with Gasteiger partial charge in [-0.05, 0) is 61.7 Å². The maximum absolute atomic E-state index is 12.7. The number of ether oxygens (including phenoxy) is 1. The number of amides is 1. The summed E-state index contributed by atoms with van der Waals surface area (Å²) in [6, 6.07) is 10.1. The third-order valence-corrected chi connectivity index (χ3v) is 6.54. The quantitative estimate of drug-likeness (QED) is 0.818. The molecule has 144 valence electrons. The first-order valence-corrected chi connectivity index (χ1v) is 10.6. The lowest BCUT2D eigenvalue weighted by Crippen LogP contribution is -2.36. The van der Waals surface area contributed by atoms with Crippen LogP contribution in [-0.4, -0.2) is 33.7 Å². The molecule has 0 atom stereocenters. The summed E-state index contributed by atoms with van der Waals surface area (Å²) in [5.41, 5.74) is 2.43. The van der Waals surface area contributed by atoms with Crippen LogP contribution >= 0.6 is 11.6 Å². The fourth-order valence-corrected chi connectivity index (χ4v) is 4.49. The summed E-state index contributed by atoms with van der Waals surface area (Å²) in [6.45, 7) is 2.10. The highest BCUT2D eigenvalue weighted by Crippen LogP contribution is 2.32. The molecule has 2 aromatic carbocycles. The summed E-state index contributed by atoms with van der Waals surface area (Å²) in [6.07, 6.45) is 1.45. The Morgan fingerprint density at radius 2 is 2.04 bits per heavy atom. The van der Waals surface area contributed by atoms with Gasteiger partial charge in [-0.3, -0.25) is 9.10 Å². The van der Waals surface area contributed by atoms with E-state index in [2.05, 4.69) is 5.32 Å². The highest BCUT2D eigenvalue weighted by atomic mass is 35.5. The molecule has 0 radical (unpaired) electrons. The first-order valence-electron chi connectivity index (χ1n) is 8.64. The third-order valence-electron chi connectivity index (χ3n) is 4.53. The van der Waals surface area contributed by atoms with Crippen molar-refractivity contribution >= 4 is 38.9 Å². The van der Waals surface area contributed by atoms with Gasteiger partial charge >= 0.3 is 0 Å². The number of carbonyl (C=O) groups excluding carboxylic acids is 1. The van der Waals surface area contributed by atoms with Crippen molar-refractivity contribution in [2.45, 2.75) is 19.8 Å². The van der Waals surface area contributed by atoms with E-state index in [1.54, 1.807) is 43.3 Å². The highest BCUT2D eigenvalue weighted by Gasteiger charge is 2.26. The molecule has 0 saturated carbocycles. The number of methoxy groups -OCH3 is 1. The van der Waals surface area contributed by atoms with E-state index in [4.69, 9.17) is 16.3 Å². The Balaban J connectivity index is 1.89. The molecule has 0 unspecified atom stereocenters. The van der Waals surface area contributed by atoms with Crippen LogP contribution in [0.25, 0.3) is 0 Å². The minimum Gasteiger partial charge on any atom is -0.495 e.